The number of amides is 4. The first-order valence-corrected chi connectivity index (χ1v) is 16.4. The van der Waals surface area contributed by atoms with Gasteiger partial charge in [0.15, 0.2) is 0 Å². The molecule has 4 amide bonds. The Hall–Kier alpha value is -3.78. The van der Waals surface area contributed by atoms with Crippen molar-refractivity contribution in [2.75, 3.05) is 25.0 Å². The summed E-state index contributed by atoms with van der Waals surface area (Å²) in [7, 11) is 0. The minimum absolute atomic E-state index is 0.0261. The second kappa shape index (κ2) is 11.1. The molecule has 3 aromatic carbocycles. The smallest absolute Gasteiger partial charge is 0.322 e. The second-order valence-electron chi connectivity index (χ2n) is 12.5. The Morgan fingerprint density at radius 3 is 2.23 bits per heavy atom. The minimum Gasteiger partial charge on any atom is -0.342 e. The molecular formula is C35H38N4O3S. The molecule has 0 radical (unpaired) electrons. The average Bonchev–Trinajstić information content (AvgIpc) is 3.46. The topological polar surface area (TPSA) is 73.0 Å². The average molecular weight is 595 g/mol. The van der Waals surface area contributed by atoms with Gasteiger partial charge >= 0.3 is 6.03 Å². The lowest BCUT2D eigenvalue weighted by Crippen LogP contribution is -2.51. The third kappa shape index (κ3) is 4.71. The zero-order valence-electron chi connectivity index (χ0n) is 24.8. The summed E-state index contributed by atoms with van der Waals surface area (Å²) in [6.07, 6.45) is 2.56. The molecular weight excluding hydrogens is 556 g/mol. The zero-order valence-corrected chi connectivity index (χ0v) is 25.6. The number of nitrogens with zero attached hydrogens (tertiary/aromatic N) is 3. The van der Waals surface area contributed by atoms with Crippen LogP contribution in [-0.4, -0.2) is 63.5 Å². The van der Waals surface area contributed by atoms with Crippen LogP contribution in [0.25, 0.3) is 11.1 Å². The van der Waals surface area contributed by atoms with E-state index in [0.29, 0.717) is 32.1 Å². The fourth-order valence-electron chi connectivity index (χ4n) is 7.25. The Morgan fingerprint density at radius 2 is 1.56 bits per heavy atom. The molecule has 1 spiro atoms. The van der Waals surface area contributed by atoms with E-state index in [1.807, 2.05) is 28.0 Å². The summed E-state index contributed by atoms with van der Waals surface area (Å²) in [5, 5.41) is 2.57. The zero-order chi connectivity index (χ0) is 29.7. The molecule has 0 saturated carbocycles. The maximum atomic E-state index is 14.2. The van der Waals surface area contributed by atoms with E-state index in [-0.39, 0.29) is 30.3 Å². The van der Waals surface area contributed by atoms with Gasteiger partial charge in [0.05, 0.1) is 5.25 Å². The fraction of sp³-hybridized carbons (Fsp3) is 0.400. The number of carbonyl (C=O) groups is 3. The van der Waals surface area contributed by atoms with Crippen LogP contribution in [-0.2, 0) is 21.0 Å². The van der Waals surface area contributed by atoms with Crippen molar-refractivity contribution in [3.8, 4) is 11.1 Å². The van der Waals surface area contributed by atoms with Crippen molar-refractivity contribution in [3.63, 3.8) is 0 Å². The molecule has 1 N–H and O–H groups in total. The van der Waals surface area contributed by atoms with E-state index in [1.165, 1.54) is 11.1 Å². The van der Waals surface area contributed by atoms with E-state index in [4.69, 9.17) is 0 Å². The molecule has 3 aromatic rings. The van der Waals surface area contributed by atoms with Gasteiger partial charge < -0.3 is 20.0 Å². The van der Waals surface area contributed by atoms with E-state index in [9.17, 15) is 14.4 Å². The van der Waals surface area contributed by atoms with Crippen molar-refractivity contribution in [2.24, 2.45) is 5.92 Å². The molecule has 8 heteroatoms. The van der Waals surface area contributed by atoms with Crippen molar-refractivity contribution in [3.05, 3.63) is 89.5 Å². The lowest BCUT2D eigenvalue weighted by Gasteiger charge is -2.40. The molecule has 1 aliphatic carbocycles. The third-order valence-electron chi connectivity index (χ3n) is 9.52. The second-order valence-corrected chi connectivity index (χ2v) is 13.9. The van der Waals surface area contributed by atoms with Gasteiger partial charge in [0.1, 0.15) is 4.87 Å². The van der Waals surface area contributed by atoms with Crippen molar-refractivity contribution in [2.45, 2.75) is 62.2 Å². The van der Waals surface area contributed by atoms with Crippen LogP contribution in [0.2, 0.25) is 0 Å². The van der Waals surface area contributed by atoms with E-state index in [1.54, 1.807) is 11.8 Å². The number of nitrogens with one attached hydrogen (secondary N) is 1. The van der Waals surface area contributed by atoms with Crippen LogP contribution in [0.4, 0.5) is 10.5 Å². The first-order chi connectivity index (χ1) is 20.9. The van der Waals surface area contributed by atoms with Gasteiger partial charge in [-0.1, -0.05) is 80.6 Å². The van der Waals surface area contributed by atoms with E-state index in [2.05, 4.69) is 78.7 Å². The predicted octanol–water partition coefficient (Wildman–Crippen LogP) is 6.29. The molecule has 3 aliphatic heterocycles. The number of rotatable bonds is 6. The molecule has 2 saturated heterocycles. The Labute approximate surface area is 257 Å². The van der Waals surface area contributed by atoms with Gasteiger partial charge in [0, 0.05) is 55.5 Å². The Kier molecular flexibility index (Phi) is 7.20. The fourth-order valence-corrected chi connectivity index (χ4v) is 9.04. The summed E-state index contributed by atoms with van der Waals surface area (Å²) in [6.45, 7) is 6.80. The summed E-state index contributed by atoms with van der Waals surface area (Å²) in [5.41, 5.74) is 6.63. The van der Waals surface area contributed by atoms with Crippen LogP contribution in [0.15, 0.2) is 72.8 Å². The summed E-state index contributed by atoms with van der Waals surface area (Å²) in [6, 6.07) is 24.8. The van der Waals surface area contributed by atoms with Gasteiger partial charge in [-0.2, -0.15) is 0 Å². The molecule has 7 rings (SSSR count). The van der Waals surface area contributed by atoms with Gasteiger partial charge in [0.25, 0.3) is 0 Å². The summed E-state index contributed by atoms with van der Waals surface area (Å²) in [5.74, 6) is 0.543. The SMILES string of the molecule is CC(C)CCN1C(=O)C(CC(=O)N2CCC(N3Cc4ccccc4NC3=O)CC2)SC12c1ccccc1-c1ccccc12. The number of thioether (sulfide) groups is 1. The van der Waals surface area contributed by atoms with Crippen LogP contribution in [0.3, 0.4) is 0 Å². The minimum atomic E-state index is -0.616. The van der Waals surface area contributed by atoms with Gasteiger partial charge in [-0.3, -0.25) is 9.59 Å². The quantitative estimate of drug-likeness (QED) is 0.364. The van der Waals surface area contributed by atoms with Crippen LogP contribution < -0.4 is 5.32 Å². The summed E-state index contributed by atoms with van der Waals surface area (Å²) >= 11 is 1.65. The molecule has 222 valence electrons. The maximum absolute atomic E-state index is 14.2. The highest BCUT2D eigenvalue weighted by Gasteiger charge is 2.58. The molecule has 7 nitrogen and oxygen atoms in total. The van der Waals surface area contributed by atoms with E-state index < -0.39 is 10.1 Å². The molecule has 3 heterocycles. The van der Waals surface area contributed by atoms with E-state index in [0.717, 1.165) is 41.6 Å². The Bertz CT molecular complexity index is 1540. The third-order valence-corrected chi connectivity index (χ3v) is 11.2. The van der Waals surface area contributed by atoms with Crippen LogP contribution in [0.1, 0.15) is 56.2 Å². The monoisotopic (exact) mass is 594 g/mol. The van der Waals surface area contributed by atoms with Gasteiger partial charge in [-0.05, 0) is 47.9 Å². The number of hydrogen-bond acceptors (Lipinski definition) is 4. The number of anilines is 1. The number of fused-ring (bicyclic) bond motifs is 6. The number of hydrogen-bond donors (Lipinski definition) is 1. The Morgan fingerprint density at radius 1 is 0.930 bits per heavy atom. The molecule has 0 bridgehead atoms. The molecule has 43 heavy (non-hydrogen) atoms. The largest absolute Gasteiger partial charge is 0.342 e. The Balaban J connectivity index is 1.08. The van der Waals surface area contributed by atoms with Gasteiger partial charge in [0.2, 0.25) is 11.8 Å². The predicted molar refractivity (Wildman–Crippen MR) is 170 cm³/mol. The number of benzene rings is 3. The molecule has 0 aromatic heterocycles. The summed E-state index contributed by atoms with van der Waals surface area (Å²) < 4.78 is 0. The lowest BCUT2D eigenvalue weighted by molar-refractivity contribution is -0.137. The van der Waals surface area contributed by atoms with Crippen molar-refractivity contribution in [1.82, 2.24) is 14.7 Å². The first-order valence-electron chi connectivity index (χ1n) is 15.5. The van der Waals surface area contributed by atoms with Crippen molar-refractivity contribution < 1.29 is 14.4 Å². The van der Waals surface area contributed by atoms with Crippen LogP contribution in [0.5, 0.6) is 0 Å². The highest BCUT2D eigenvalue weighted by Crippen LogP contribution is 2.61. The number of piperidine rings is 1. The number of urea groups is 1. The van der Waals surface area contributed by atoms with Gasteiger partial charge in [-0.15, -0.1) is 11.8 Å². The van der Waals surface area contributed by atoms with Crippen LogP contribution >= 0.6 is 11.8 Å². The van der Waals surface area contributed by atoms with Crippen molar-refractivity contribution >= 4 is 35.3 Å². The molecule has 1 unspecified atom stereocenters. The highest BCUT2D eigenvalue weighted by atomic mass is 32.2. The van der Waals surface area contributed by atoms with Crippen LogP contribution in [0, 0.1) is 5.92 Å². The number of carbonyl (C=O) groups excluding carboxylic acids is 3. The van der Waals surface area contributed by atoms with Crippen molar-refractivity contribution in [1.29, 1.82) is 0 Å². The maximum Gasteiger partial charge on any atom is 0.322 e. The van der Waals surface area contributed by atoms with Gasteiger partial charge in [-0.25, -0.2) is 4.79 Å². The first kappa shape index (κ1) is 28.0. The molecule has 2 fully saturated rings. The number of para-hydroxylation sites is 1. The normalized spacial score (nSPS) is 20.8. The summed E-state index contributed by atoms with van der Waals surface area (Å²) in [4.78, 5) is 46.0. The standard InChI is InChI=1S/C35H38N4O3S/c1-23(2)15-20-39-33(41)31(43-35(39)28-12-6-4-10-26(28)27-11-5-7-13-29(27)35)21-32(40)37-18-16-25(17-19-37)38-22-24-9-3-8-14-30(24)36-34(38)42/h3-14,23,25,31H,15-22H2,1-2H3,(H,36,42). The molecule has 4 aliphatic rings. The molecule has 1 atom stereocenters. The highest BCUT2D eigenvalue weighted by molar-refractivity contribution is 8.02. The van der Waals surface area contributed by atoms with E-state index >= 15 is 0 Å². The number of likely N-dealkylation sites (tertiary alicyclic amines) is 1. The lowest BCUT2D eigenvalue weighted by atomic mass is 9.99.